The molecule has 1 spiro atoms. The summed E-state index contributed by atoms with van der Waals surface area (Å²) in [5.41, 5.74) is 3.42. The Labute approximate surface area is 170 Å². The molecule has 3 heterocycles. The summed E-state index contributed by atoms with van der Waals surface area (Å²) in [7, 11) is 0. The molecule has 29 heavy (non-hydrogen) atoms. The van der Waals surface area contributed by atoms with E-state index in [-0.39, 0.29) is 24.1 Å². The van der Waals surface area contributed by atoms with Crippen molar-refractivity contribution in [2.24, 2.45) is 5.41 Å². The number of rotatable bonds is 5. The predicted molar refractivity (Wildman–Crippen MR) is 107 cm³/mol. The van der Waals surface area contributed by atoms with Gasteiger partial charge in [-0.05, 0) is 54.7 Å². The Hall–Kier alpha value is -2.25. The lowest BCUT2D eigenvalue weighted by molar-refractivity contribution is -0.136. The highest BCUT2D eigenvalue weighted by atomic mass is 16.2. The van der Waals surface area contributed by atoms with Crippen molar-refractivity contribution in [3.8, 4) is 0 Å². The molecule has 2 saturated heterocycles. The highest BCUT2D eigenvalue weighted by Gasteiger charge is 2.44. The number of hydrogen-bond acceptors (Lipinski definition) is 5. The monoisotopic (exact) mass is 396 g/mol. The first-order valence-electron chi connectivity index (χ1n) is 10.7. The van der Waals surface area contributed by atoms with Crippen LogP contribution in [0, 0.1) is 5.41 Å². The first-order valence-corrected chi connectivity index (χ1v) is 10.7. The number of carbonyl (C=O) groups excluding carboxylic acids is 3. The summed E-state index contributed by atoms with van der Waals surface area (Å²) in [6.45, 7) is 3.31. The zero-order valence-corrected chi connectivity index (χ0v) is 16.6. The summed E-state index contributed by atoms with van der Waals surface area (Å²) in [6.07, 6.45) is 6.06. The van der Waals surface area contributed by atoms with Gasteiger partial charge in [-0.2, -0.15) is 0 Å². The Morgan fingerprint density at radius 3 is 2.72 bits per heavy atom. The zero-order valence-electron chi connectivity index (χ0n) is 16.6. The van der Waals surface area contributed by atoms with Crippen molar-refractivity contribution in [3.63, 3.8) is 0 Å². The van der Waals surface area contributed by atoms with Gasteiger partial charge in [0.15, 0.2) is 0 Å². The summed E-state index contributed by atoms with van der Waals surface area (Å²) >= 11 is 0. The largest absolute Gasteiger partial charge is 0.322 e. The fraction of sp³-hybridized carbons (Fsp3) is 0.591. The van der Waals surface area contributed by atoms with Gasteiger partial charge in [-0.3, -0.25) is 19.7 Å². The van der Waals surface area contributed by atoms with Crippen LogP contribution >= 0.6 is 0 Å². The van der Waals surface area contributed by atoms with Crippen LogP contribution in [-0.2, 0) is 22.7 Å². The van der Waals surface area contributed by atoms with Crippen molar-refractivity contribution in [1.82, 2.24) is 20.9 Å². The summed E-state index contributed by atoms with van der Waals surface area (Å²) in [4.78, 5) is 37.9. The molecule has 2 atom stereocenters. The number of imide groups is 1. The average Bonchev–Trinajstić information content (AvgIpc) is 3.39. The molecule has 1 saturated carbocycles. The van der Waals surface area contributed by atoms with Gasteiger partial charge in [0.2, 0.25) is 11.8 Å². The number of nitrogens with zero attached hydrogens (tertiary/aromatic N) is 1. The Morgan fingerprint density at radius 2 is 2.00 bits per heavy atom. The van der Waals surface area contributed by atoms with Crippen LogP contribution in [0.15, 0.2) is 18.2 Å². The normalized spacial score (nSPS) is 27.9. The Morgan fingerprint density at radius 1 is 1.14 bits per heavy atom. The van der Waals surface area contributed by atoms with Crippen LogP contribution in [0.5, 0.6) is 0 Å². The standard InChI is InChI=1S/C22H28N4O3/c27-19-4-3-18(20(28)25-19)26-12-15-9-14(1-2-17(15)21(26)29)10-23-11-16-5-6-22(7-8-22)13-24-16/h1-2,9,16,18,23-24H,3-8,10-13H2,(H,25,27,28). The van der Waals surface area contributed by atoms with E-state index in [0.29, 0.717) is 30.0 Å². The second-order valence-corrected chi connectivity index (χ2v) is 9.14. The summed E-state index contributed by atoms with van der Waals surface area (Å²) in [5.74, 6) is -0.741. The van der Waals surface area contributed by atoms with Crippen molar-refractivity contribution >= 4 is 17.7 Å². The maximum atomic E-state index is 12.7. The zero-order chi connectivity index (χ0) is 20.0. The molecule has 3 fully saturated rings. The van der Waals surface area contributed by atoms with Crippen molar-refractivity contribution < 1.29 is 14.4 Å². The first kappa shape index (κ1) is 18.8. The molecule has 5 rings (SSSR count). The van der Waals surface area contributed by atoms with Crippen LogP contribution in [0.1, 0.15) is 60.0 Å². The fourth-order valence-corrected chi connectivity index (χ4v) is 4.94. The van der Waals surface area contributed by atoms with E-state index in [1.54, 1.807) is 4.90 Å². The van der Waals surface area contributed by atoms with E-state index >= 15 is 0 Å². The molecular weight excluding hydrogens is 368 g/mol. The van der Waals surface area contributed by atoms with Crippen LogP contribution in [0.25, 0.3) is 0 Å². The van der Waals surface area contributed by atoms with Crippen molar-refractivity contribution in [1.29, 1.82) is 0 Å². The molecule has 3 amide bonds. The van der Waals surface area contributed by atoms with Crippen LogP contribution < -0.4 is 16.0 Å². The summed E-state index contributed by atoms with van der Waals surface area (Å²) in [5, 5.41) is 9.57. The molecular formula is C22H28N4O3. The van der Waals surface area contributed by atoms with Crippen molar-refractivity contribution in [3.05, 3.63) is 34.9 Å². The summed E-state index contributed by atoms with van der Waals surface area (Å²) < 4.78 is 0. The van der Waals surface area contributed by atoms with E-state index in [4.69, 9.17) is 0 Å². The van der Waals surface area contributed by atoms with Crippen LogP contribution in [-0.4, -0.2) is 47.8 Å². The number of fused-ring (bicyclic) bond motifs is 1. The SMILES string of the molecule is O=C1CCC(N2Cc3cc(CNCC4CCC5(CC5)CN4)ccc3C2=O)C(=O)N1. The predicted octanol–water partition coefficient (Wildman–Crippen LogP) is 1.07. The van der Waals surface area contributed by atoms with Crippen LogP contribution in [0.4, 0.5) is 0 Å². The lowest BCUT2D eigenvalue weighted by Gasteiger charge is -2.30. The molecule has 0 radical (unpaired) electrons. The number of piperidine rings is 2. The lowest BCUT2D eigenvalue weighted by Crippen LogP contribution is -2.52. The topological polar surface area (TPSA) is 90.5 Å². The minimum Gasteiger partial charge on any atom is -0.322 e. The van der Waals surface area contributed by atoms with E-state index in [9.17, 15) is 14.4 Å². The molecule has 0 bridgehead atoms. The van der Waals surface area contributed by atoms with E-state index < -0.39 is 6.04 Å². The van der Waals surface area contributed by atoms with Gasteiger partial charge in [-0.25, -0.2) is 0 Å². The third-order valence-corrected chi connectivity index (χ3v) is 7.05. The maximum absolute atomic E-state index is 12.7. The molecule has 7 nitrogen and oxygen atoms in total. The first-order chi connectivity index (χ1) is 14.0. The van der Waals surface area contributed by atoms with E-state index in [0.717, 1.165) is 30.8 Å². The van der Waals surface area contributed by atoms with Gasteiger partial charge >= 0.3 is 0 Å². The number of carbonyl (C=O) groups is 3. The third kappa shape index (κ3) is 3.69. The molecule has 2 unspecified atom stereocenters. The highest BCUT2D eigenvalue weighted by molar-refractivity contribution is 6.05. The Kier molecular flexibility index (Phi) is 4.67. The number of hydrogen-bond donors (Lipinski definition) is 3. The molecule has 1 aromatic carbocycles. The quantitative estimate of drug-likeness (QED) is 0.648. The smallest absolute Gasteiger partial charge is 0.255 e. The van der Waals surface area contributed by atoms with Crippen LogP contribution in [0.3, 0.4) is 0 Å². The number of benzene rings is 1. The Bertz CT molecular complexity index is 854. The molecule has 0 aromatic heterocycles. The molecule has 1 aliphatic carbocycles. The van der Waals surface area contributed by atoms with E-state index in [1.807, 2.05) is 12.1 Å². The second kappa shape index (κ2) is 7.22. The van der Waals surface area contributed by atoms with E-state index in [2.05, 4.69) is 22.0 Å². The van der Waals surface area contributed by atoms with E-state index in [1.165, 1.54) is 25.7 Å². The van der Waals surface area contributed by atoms with Crippen LogP contribution in [0.2, 0.25) is 0 Å². The molecule has 3 aliphatic heterocycles. The van der Waals surface area contributed by atoms with Gasteiger partial charge in [-0.1, -0.05) is 12.1 Å². The van der Waals surface area contributed by atoms with Gasteiger partial charge in [-0.15, -0.1) is 0 Å². The van der Waals surface area contributed by atoms with Gasteiger partial charge in [0.1, 0.15) is 6.04 Å². The van der Waals surface area contributed by atoms with Gasteiger partial charge < -0.3 is 15.5 Å². The molecule has 3 N–H and O–H groups in total. The van der Waals surface area contributed by atoms with Crippen molar-refractivity contribution in [2.75, 3.05) is 13.1 Å². The molecule has 4 aliphatic rings. The average molecular weight is 396 g/mol. The maximum Gasteiger partial charge on any atom is 0.255 e. The van der Waals surface area contributed by atoms with Gasteiger partial charge in [0, 0.05) is 44.2 Å². The minimum absolute atomic E-state index is 0.116. The van der Waals surface area contributed by atoms with Crippen molar-refractivity contribution in [2.45, 2.75) is 63.7 Å². The second-order valence-electron chi connectivity index (χ2n) is 9.14. The number of nitrogens with one attached hydrogen (secondary N) is 3. The summed E-state index contributed by atoms with van der Waals surface area (Å²) in [6, 6.07) is 5.92. The highest BCUT2D eigenvalue weighted by Crippen LogP contribution is 2.50. The molecule has 7 heteroatoms. The molecule has 1 aromatic rings. The fourth-order valence-electron chi connectivity index (χ4n) is 4.94. The Balaban J connectivity index is 1.16. The molecule has 154 valence electrons. The van der Waals surface area contributed by atoms with Gasteiger partial charge in [0.25, 0.3) is 5.91 Å². The minimum atomic E-state index is -0.554. The number of amides is 3. The van der Waals surface area contributed by atoms with Gasteiger partial charge in [0.05, 0.1) is 0 Å². The third-order valence-electron chi connectivity index (χ3n) is 7.05. The lowest BCUT2D eigenvalue weighted by atomic mass is 9.92.